The van der Waals surface area contributed by atoms with Crippen LogP contribution < -0.4 is 5.32 Å². The van der Waals surface area contributed by atoms with Crippen LogP contribution in [0.5, 0.6) is 0 Å². The molecule has 1 aromatic heterocycles. The highest BCUT2D eigenvalue weighted by molar-refractivity contribution is 9.11. The summed E-state index contributed by atoms with van der Waals surface area (Å²) in [4.78, 5) is 3.58. The fourth-order valence-electron chi connectivity index (χ4n) is 2.08. The van der Waals surface area contributed by atoms with E-state index < -0.39 is 10.0 Å². The highest BCUT2D eigenvalue weighted by atomic mass is 79.9. The lowest BCUT2D eigenvalue weighted by molar-refractivity contribution is 0.222. The molecule has 0 aliphatic carbocycles. The number of sulfonamides is 1. The first-order valence-corrected chi connectivity index (χ1v) is 9.67. The minimum absolute atomic E-state index is 0.403. The van der Waals surface area contributed by atoms with Crippen LogP contribution in [0.4, 0.5) is 0 Å². The van der Waals surface area contributed by atoms with E-state index in [1.807, 2.05) is 14.0 Å². The molecule has 0 atom stereocenters. The van der Waals surface area contributed by atoms with E-state index in [0.29, 0.717) is 28.3 Å². The van der Waals surface area contributed by atoms with E-state index in [2.05, 4.69) is 26.1 Å². The number of rotatable bonds is 5. The summed E-state index contributed by atoms with van der Waals surface area (Å²) < 4.78 is 27.6. The summed E-state index contributed by atoms with van der Waals surface area (Å²) in [6.07, 6.45) is 0. The molecule has 1 aliphatic heterocycles. The van der Waals surface area contributed by atoms with Crippen molar-refractivity contribution in [3.8, 4) is 0 Å². The van der Waals surface area contributed by atoms with Gasteiger partial charge in [-0.15, -0.1) is 11.3 Å². The summed E-state index contributed by atoms with van der Waals surface area (Å²) in [5, 5.41) is 3.22. The van der Waals surface area contributed by atoms with Crippen molar-refractivity contribution in [2.24, 2.45) is 0 Å². The molecule has 0 bridgehead atoms. The van der Waals surface area contributed by atoms with Gasteiger partial charge in [-0.25, -0.2) is 8.42 Å². The summed E-state index contributed by atoms with van der Waals surface area (Å²) in [7, 11) is -1.37. The maximum absolute atomic E-state index is 12.7. The summed E-state index contributed by atoms with van der Waals surface area (Å²) in [6.45, 7) is 6.29. The Morgan fingerprint density at radius 1 is 1.35 bits per heavy atom. The minimum Gasteiger partial charge on any atom is -0.312 e. The third-order valence-electron chi connectivity index (χ3n) is 3.34. The van der Waals surface area contributed by atoms with Crippen LogP contribution in [0, 0.1) is 0 Å². The molecule has 0 saturated carbocycles. The second-order valence-corrected chi connectivity index (χ2v) is 9.20. The van der Waals surface area contributed by atoms with E-state index >= 15 is 0 Å². The highest BCUT2D eigenvalue weighted by Crippen LogP contribution is 2.33. The average Bonchev–Trinajstić information content (AvgIpc) is 2.79. The Hall–Kier alpha value is 0.01000. The predicted molar refractivity (Wildman–Crippen MR) is 85.7 cm³/mol. The molecular formula is C12H20BrN3O2S2. The Bertz CT molecular complexity index is 551. The number of likely N-dealkylation sites (N-methyl/N-ethyl adjacent to an activating group) is 1. The normalized spacial score (nSPS) is 18.6. The van der Waals surface area contributed by atoms with Crippen molar-refractivity contribution in [1.82, 2.24) is 14.5 Å². The zero-order valence-corrected chi connectivity index (χ0v) is 14.9. The topological polar surface area (TPSA) is 52.7 Å². The molecule has 1 aliphatic rings. The van der Waals surface area contributed by atoms with Crippen LogP contribution >= 0.6 is 27.3 Å². The lowest BCUT2D eigenvalue weighted by Crippen LogP contribution is -2.46. The van der Waals surface area contributed by atoms with Crippen molar-refractivity contribution in [3.05, 3.63) is 14.7 Å². The summed E-state index contributed by atoms with van der Waals surface area (Å²) in [6, 6.07) is 1.78. The van der Waals surface area contributed by atoms with Gasteiger partial charge in [-0.05, 0) is 35.6 Å². The van der Waals surface area contributed by atoms with E-state index in [4.69, 9.17) is 0 Å². The van der Waals surface area contributed by atoms with Gasteiger partial charge in [0.15, 0.2) is 0 Å². The van der Waals surface area contributed by atoms with Gasteiger partial charge in [0.05, 0.1) is 3.79 Å². The molecule has 1 fully saturated rings. The smallest absolute Gasteiger partial charge is 0.245 e. The number of thiophene rings is 1. The van der Waals surface area contributed by atoms with Crippen molar-refractivity contribution in [1.29, 1.82) is 0 Å². The molecule has 0 aromatic carbocycles. The van der Waals surface area contributed by atoms with Crippen molar-refractivity contribution in [2.45, 2.75) is 18.4 Å². The molecule has 8 heteroatoms. The van der Waals surface area contributed by atoms with Crippen LogP contribution in [0.15, 0.2) is 14.7 Å². The van der Waals surface area contributed by atoms with Crippen LogP contribution in [-0.2, 0) is 16.6 Å². The molecule has 114 valence electrons. The molecular weight excluding hydrogens is 362 g/mol. The molecule has 0 spiro atoms. The van der Waals surface area contributed by atoms with Crippen LogP contribution in [0.2, 0.25) is 0 Å². The van der Waals surface area contributed by atoms with Crippen LogP contribution in [0.3, 0.4) is 0 Å². The number of halogens is 1. The van der Waals surface area contributed by atoms with Gasteiger partial charge < -0.3 is 10.2 Å². The molecule has 2 heterocycles. The first-order chi connectivity index (χ1) is 9.45. The molecule has 1 saturated heterocycles. The van der Waals surface area contributed by atoms with Crippen molar-refractivity contribution >= 4 is 37.3 Å². The van der Waals surface area contributed by atoms with Gasteiger partial charge in [-0.3, -0.25) is 0 Å². The molecule has 2 rings (SSSR count). The predicted octanol–water partition coefficient (Wildman–Crippen LogP) is 1.56. The van der Waals surface area contributed by atoms with Gasteiger partial charge in [0, 0.05) is 37.6 Å². The van der Waals surface area contributed by atoms with Gasteiger partial charge in [0.25, 0.3) is 0 Å². The van der Waals surface area contributed by atoms with E-state index in [9.17, 15) is 8.42 Å². The number of nitrogens with zero attached hydrogens (tertiary/aromatic N) is 2. The number of hydrogen-bond donors (Lipinski definition) is 1. The standard InChI is InChI=1S/C12H20BrN3O2S2/c1-3-14-9-10-8-11(12(13)19-10)20(17,18)16-6-4-15(2)5-7-16/h8,14H,3-7,9H2,1-2H3. The first-order valence-electron chi connectivity index (χ1n) is 6.62. The Labute approximate surface area is 133 Å². The zero-order valence-electron chi connectivity index (χ0n) is 11.7. The molecule has 0 radical (unpaired) electrons. The molecule has 1 N–H and O–H groups in total. The molecule has 20 heavy (non-hydrogen) atoms. The second kappa shape index (κ2) is 6.85. The number of nitrogens with one attached hydrogen (secondary N) is 1. The van der Waals surface area contributed by atoms with Crippen LogP contribution in [-0.4, -0.2) is 57.4 Å². The van der Waals surface area contributed by atoms with Gasteiger partial charge >= 0.3 is 0 Å². The Morgan fingerprint density at radius 3 is 2.60 bits per heavy atom. The van der Waals surface area contributed by atoms with Crippen LogP contribution in [0.25, 0.3) is 0 Å². The zero-order chi connectivity index (χ0) is 14.8. The van der Waals surface area contributed by atoms with E-state index in [1.165, 1.54) is 11.3 Å². The van der Waals surface area contributed by atoms with E-state index in [-0.39, 0.29) is 0 Å². The summed E-state index contributed by atoms with van der Waals surface area (Å²) in [5.74, 6) is 0. The van der Waals surface area contributed by atoms with Crippen molar-refractivity contribution in [3.63, 3.8) is 0 Å². The third kappa shape index (κ3) is 3.61. The maximum Gasteiger partial charge on any atom is 0.245 e. The number of hydrogen-bond acceptors (Lipinski definition) is 5. The fraction of sp³-hybridized carbons (Fsp3) is 0.667. The van der Waals surface area contributed by atoms with Gasteiger partial charge in [-0.2, -0.15) is 4.31 Å². The first kappa shape index (κ1) is 16.4. The summed E-state index contributed by atoms with van der Waals surface area (Å²) in [5.41, 5.74) is 0. The Kier molecular flexibility index (Phi) is 5.61. The molecule has 5 nitrogen and oxygen atoms in total. The van der Waals surface area contributed by atoms with Crippen molar-refractivity contribution < 1.29 is 8.42 Å². The Morgan fingerprint density at radius 2 is 2.00 bits per heavy atom. The maximum atomic E-state index is 12.7. The molecule has 1 aromatic rings. The molecule has 0 amide bonds. The highest BCUT2D eigenvalue weighted by Gasteiger charge is 2.30. The summed E-state index contributed by atoms with van der Waals surface area (Å²) >= 11 is 4.88. The van der Waals surface area contributed by atoms with E-state index in [1.54, 1.807) is 10.4 Å². The average molecular weight is 382 g/mol. The van der Waals surface area contributed by atoms with Crippen LogP contribution in [0.1, 0.15) is 11.8 Å². The fourth-order valence-corrected chi connectivity index (χ4v) is 6.10. The molecule has 0 unspecified atom stereocenters. The van der Waals surface area contributed by atoms with Gasteiger partial charge in [0.1, 0.15) is 4.90 Å². The minimum atomic E-state index is -3.38. The van der Waals surface area contributed by atoms with Crippen molar-refractivity contribution in [2.75, 3.05) is 39.8 Å². The number of piperazine rings is 1. The Balaban J connectivity index is 2.18. The second-order valence-electron chi connectivity index (χ2n) is 4.84. The SMILES string of the molecule is CCNCc1cc(S(=O)(=O)N2CCN(C)CC2)c(Br)s1. The van der Waals surface area contributed by atoms with E-state index in [0.717, 1.165) is 24.5 Å². The lowest BCUT2D eigenvalue weighted by atomic mass is 10.4. The quantitative estimate of drug-likeness (QED) is 0.840. The van der Waals surface area contributed by atoms with Gasteiger partial charge in [0.2, 0.25) is 10.0 Å². The largest absolute Gasteiger partial charge is 0.312 e. The monoisotopic (exact) mass is 381 g/mol. The lowest BCUT2D eigenvalue weighted by Gasteiger charge is -2.31. The third-order valence-corrected chi connectivity index (χ3v) is 7.49. The van der Waals surface area contributed by atoms with Gasteiger partial charge in [-0.1, -0.05) is 6.92 Å².